The maximum atomic E-state index is 13.0. The van der Waals surface area contributed by atoms with Gasteiger partial charge >= 0.3 is 0 Å². The Bertz CT molecular complexity index is 1070. The maximum Gasteiger partial charge on any atom is 0.241 e. The van der Waals surface area contributed by atoms with Gasteiger partial charge in [-0.05, 0) is 66.3 Å². The highest BCUT2D eigenvalue weighted by Crippen LogP contribution is 2.27. The molecule has 3 aromatic carbocycles. The molecular formula is C22H25NO3S. The number of sulfonamides is 1. The molecule has 27 heavy (non-hydrogen) atoms. The van der Waals surface area contributed by atoms with Crippen LogP contribution in [0.25, 0.3) is 10.8 Å². The average Bonchev–Trinajstić information content (AvgIpc) is 2.64. The van der Waals surface area contributed by atoms with Crippen LogP contribution in [-0.2, 0) is 10.0 Å². The number of aliphatic hydroxyl groups is 1. The molecule has 0 spiro atoms. The lowest BCUT2D eigenvalue weighted by Crippen LogP contribution is -2.30. The predicted molar refractivity (Wildman–Crippen MR) is 109 cm³/mol. The number of hydrogen-bond acceptors (Lipinski definition) is 3. The number of aryl methyl sites for hydroxylation is 2. The largest absolute Gasteiger partial charge is 0.387 e. The first-order valence-corrected chi connectivity index (χ1v) is 10.4. The third-order valence-electron chi connectivity index (χ3n) is 5.22. The second-order valence-corrected chi connectivity index (χ2v) is 8.73. The van der Waals surface area contributed by atoms with Crippen LogP contribution in [0.1, 0.15) is 33.9 Å². The van der Waals surface area contributed by atoms with E-state index in [4.69, 9.17) is 0 Å². The Labute approximate surface area is 160 Å². The molecule has 0 fully saturated rings. The molecule has 0 aliphatic carbocycles. The lowest BCUT2D eigenvalue weighted by molar-refractivity contribution is 0.183. The van der Waals surface area contributed by atoms with E-state index in [2.05, 4.69) is 4.72 Å². The minimum atomic E-state index is -3.73. The first-order valence-electron chi connectivity index (χ1n) is 8.95. The van der Waals surface area contributed by atoms with Gasteiger partial charge < -0.3 is 5.11 Å². The smallest absolute Gasteiger partial charge is 0.241 e. The van der Waals surface area contributed by atoms with Gasteiger partial charge in [-0.3, -0.25) is 0 Å². The average molecular weight is 384 g/mol. The molecule has 142 valence electrons. The van der Waals surface area contributed by atoms with Gasteiger partial charge in [0.25, 0.3) is 0 Å². The number of rotatable bonds is 5. The van der Waals surface area contributed by atoms with Crippen LogP contribution in [0.4, 0.5) is 0 Å². The van der Waals surface area contributed by atoms with Gasteiger partial charge in [0.1, 0.15) is 0 Å². The number of fused-ring (bicyclic) bond motifs is 1. The van der Waals surface area contributed by atoms with Gasteiger partial charge in [0.05, 0.1) is 11.0 Å². The molecule has 3 rings (SSSR count). The minimum absolute atomic E-state index is 0.0811. The zero-order chi connectivity index (χ0) is 19.8. The lowest BCUT2D eigenvalue weighted by Gasteiger charge is -2.18. The zero-order valence-electron chi connectivity index (χ0n) is 16.1. The Morgan fingerprint density at radius 1 is 0.926 bits per heavy atom. The van der Waals surface area contributed by atoms with Crippen LogP contribution in [0.5, 0.6) is 0 Å². The Morgan fingerprint density at radius 3 is 2.19 bits per heavy atom. The molecule has 0 saturated carbocycles. The summed E-state index contributed by atoms with van der Waals surface area (Å²) in [4.78, 5) is 0.310. The summed E-state index contributed by atoms with van der Waals surface area (Å²) >= 11 is 0. The molecule has 2 N–H and O–H groups in total. The first-order chi connectivity index (χ1) is 12.7. The van der Waals surface area contributed by atoms with Crippen molar-refractivity contribution in [2.45, 2.75) is 38.7 Å². The number of nitrogens with one attached hydrogen (secondary N) is 1. The highest BCUT2D eigenvalue weighted by molar-refractivity contribution is 7.89. The third-order valence-corrected chi connectivity index (χ3v) is 6.91. The Balaban J connectivity index is 1.90. The summed E-state index contributed by atoms with van der Waals surface area (Å²) in [5.74, 6) is 0. The van der Waals surface area contributed by atoms with Gasteiger partial charge in [-0.25, -0.2) is 13.1 Å². The normalized spacial score (nSPS) is 13.1. The second-order valence-electron chi connectivity index (χ2n) is 7.03. The van der Waals surface area contributed by atoms with E-state index in [9.17, 15) is 13.5 Å². The molecule has 0 radical (unpaired) electrons. The van der Waals surface area contributed by atoms with Crippen molar-refractivity contribution >= 4 is 20.8 Å². The second kappa shape index (κ2) is 7.43. The van der Waals surface area contributed by atoms with E-state index in [1.165, 1.54) is 0 Å². The highest BCUT2D eigenvalue weighted by atomic mass is 32.2. The molecule has 0 aliphatic rings. The molecule has 5 heteroatoms. The van der Waals surface area contributed by atoms with E-state index in [1.54, 1.807) is 0 Å². The topological polar surface area (TPSA) is 66.4 Å². The van der Waals surface area contributed by atoms with Crippen LogP contribution < -0.4 is 4.72 Å². The molecule has 1 atom stereocenters. The molecule has 0 bridgehead atoms. The highest BCUT2D eigenvalue weighted by Gasteiger charge is 2.23. The summed E-state index contributed by atoms with van der Waals surface area (Å²) in [6.07, 6.45) is -0.933. The van der Waals surface area contributed by atoms with Crippen LogP contribution in [0, 0.1) is 27.7 Å². The summed E-state index contributed by atoms with van der Waals surface area (Å²) in [6.45, 7) is 7.37. The monoisotopic (exact) mass is 383 g/mol. The van der Waals surface area contributed by atoms with Gasteiger partial charge in [-0.15, -0.1) is 0 Å². The van der Waals surface area contributed by atoms with E-state index >= 15 is 0 Å². The van der Waals surface area contributed by atoms with Crippen LogP contribution in [0.15, 0.2) is 53.4 Å². The van der Waals surface area contributed by atoms with Crippen molar-refractivity contribution < 1.29 is 13.5 Å². The molecule has 0 aromatic heterocycles. The molecule has 3 aromatic rings. The van der Waals surface area contributed by atoms with Crippen LogP contribution in [0.2, 0.25) is 0 Å². The molecule has 4 nitrogen and oxygen atoms in total. The van der Waals surface area contributed by atoms with Crippen molar-refractivity contribution in [1.82, 2.24) is 4.72 Å². The molecule has 0 unspecified atom stereocenters. The van der Waals surface area contributed by atoms with Crippen molar-refractivity contribution in [1.29, 1.82) is 0 Å². The zero-order valence-corrected chi connectivity index (χ0v) is 16.9. The standard InChI is InChI=1S/C22H25NO3S/c1-14-12-15(2)17(4)22(16(14)3)27(25,26)23-13-21(24)20-11-7-9-18-8-5-6-10-19(18)20/h5-12,21,23-24H,13H2,1-4H3/t21-/m1/s1. The van der Waals surface area contributed by atoms with Crippen molar-refractivity contribution in [2.75, 3.05) is 6.54 Å². The Hall–Kier alpha value is -2.21. The number of hydrogen-bond donors (Lipinski definition) is 2. The quantitative estimate of drug-likeness (QED) is 0.697. The molecule has 0 heterocycles. The Kier molecular flexibility index (Phi) is 5.38. The van der Waals surface area contributed by atoms with Gasteiger partial charge in [-0.1, -0.05) is 48.5 Å². The SMILES string of the molecule is Cc1cc(C)c(C)c(S(=O)(=O)NC[C@@H](O)c2cccc3ccccc23)c1C. The summed E-state index contributed by atoms with van der Waals surface area (Å²) < 4.78 is 28.5. The summed E-state index contributed by atoms with van der Waals surface area (Å²) in [5.41, 5.74) is 4.07. The number of aliphatic hydroxyl groups excluding tert-OH is 1. The molecule has 0 aliphatic heterocycles. The van der Waals surface area contributed by atoms with Crippen molar-refractivity contribution in [2.24, 2.45) is 0 Å². The summed E-state index contributed by atoms with van der Waals surface area (Å²) in [7, 11) is -3.73. The van der Waals surface area contributed by atoms with Gasteiger partial charge in [0.15, 0.2) is 0 Å². The van der Waals surface area contributed by atoms with Crippen LogP contribution in [0.3, 0.4) is 0 Å². The number of benzene rings is 3. The summed E-state index contributed by atoms with van der Waals surface area (Å²) in [6, 6.07) is 15.4. The first kappa shape index (κ1) is 19.5. The lowest BCUT2D eigenvalue weighted by atomic mass is 10.0. The van der Waals surface area contributed by atoms with E-state index in [1.807, 2.05) is 76.2 Å². The Morgan fingerprint density at radius 2 is 1.52 bits per heavy atom. The van der Waals surface area contributed by atoms with Gasteiger partial charge in [-0.2, -0.15) is 0 Å². The van der Waals surface area contributed by atoms with E-state index in [0.29, 0.717) is 10.5 Å². The third kappa shape index (κ3) is 3.76. The fraction of sp³-hybridized carbons (Fsp3) is 0.273. The minimum Gasteiger partial charge on any atom is -0.387 e. The van der Waals surface area contributed by atoms with Crippen molar-refractivity contribution in [3.63, 3.8) is 0 Å². The van der Waals surface area contributed by atoms with E-state index < -0.39 is 16.1 Å². The maximum absolute atomic E-state index is 13.0. The fourth-order valence-corrected chi connectivity index (χ4v) is 5.15. The predicted octanol–water partition coefficient (Wildman–Crippen LogP) is 4.09. The summed E-state index contributed by atoms with van der Waals surface area (Å²) in [5, 5.41) is 12.6. The molecule has 0 amide bonds. The van der Waals surface area contributed by atoms with Crippen molar-refractivity contribution in [3.05, 3.63) is 76.3 Å². The van der Waals surface area contributed by atoms with Crippen LogP contribution >= 0.6 is 0 Å². The molecular weight excluding hydrogens is 358 g/mol. The van der Waals surface area contributed by atoms with Crippen molar-refractivity contribution in [3.8, 4) is 0 Å². The van der Waals surface area contributed by atoms with E-state index in [-0.39, 0.29) is 6.54 Å². The van der Waals surface area contributed by atoms with Gasteiger partial charge in [0, 0.05) is 6.54 Å². The fourth-order valence-electron chi connectivity index (χ4n) is 3.50. The molecule has 0 saturated heterocycles. The van der Waals surface area contributed by atoms with E-state index in [0.717, 1.165) is 33.0 Å². The van der Waals surface area contributed by atoms with Crippen LogP contribution in [-0.4, -0.2) is 20.1 Å². The van der Waals surface area contributed by atoms with Gasteiger partial charge in [0.2, 0.25) is 10.0 Å².